The lowest BCUT2D eigenvalue weighted by atomic mass is 9.65. The summed E-state index contributed by atoms with van der Waals surface area (Å²) in [7, 11) is 1.53. The molecule has 3 aromatic rings. The number of methoxy groups -OCH3 is 1. The van der Waals surface area contributed by atoms with Crippen LogP contribution in [0.1, 0.15) is 47.6 Å². The zero-order valence-electron chi connectivity index (χ0n) is 21.3. The largest absolute Gasteiger partial charge is 0.497 e. The number of hydrogen-bond donors (Lipinski definition) is 1. The summed E-state index contributed by atoms with van der Waals surface area (Å²) in [6.07, 6.45) is -5.53. The molecule has 0 amide bonds. The van der Waals surface area contributed by atoms with Crippen molar-refractivity contribution in [2.45, 2.75) is 50.3 Å². The lowest BCUT2D eigenvalue weighted by Gasteiger charge is -2.59. The topological polar surface area (TPSA) is 42.4 Å². The van der Waals surface area contributed by atoms with E-state index in [1.54, 1.807) is 30.5 Å². The molecule has 2 aromatic carbocycles. The molecule has 4 heterocycles. The second-order valence-electron chi connectivity index (χ2n) is 10.8. The van der Waals surface area contributed by atoms with Crippen molar-refractivity contribution in [1.29, 1.82) is 0 Å². The summed E-state index contributed by atoms with van der Waals surface area (Å²) in [6.45, 7) is 4.94. The summed E-state index contributed by atoms with van der Waals surface area (Å²) >= 11 is 0. The fourth-order valence-corrected chi connectivity index (χ4v) is 6.46. The van der Waals surface area contributed by atoms with Crippen molar-refractivity contribution in [1.82, 2.24) is 4.98 Å². The highest BCUT2D eigenvalue weighted by Crippen LogP contribution is 2.52. The fourth-order valence-electron chi connectivity index (χ4n) is 6.46. The molecule has 3 aliphatic rings. The van der Waals surface area contributed by atoms with Gasteiger partial charge in [0, 0.05) is 41.8 Å². The number of hydrogen-bond acceptors (Lipinski definition) is 3. The van der Waals surface area contributed by atoms with Crippen LogP contribution in [0.25, 0.3) is 10.9 Å². The molecule has 0 saturated carbocycles. The Morgan fingerprint density at radius 2 is 1.69 bits per heavy atom. The molecule has 4 nitrogen and oxygen atoms in total. The number of alkyl halides is 6. The van der Waals surface area contributed by atoms with Gasteiger partial charge in [-0.15, -0.1) is 6.58 Å². The molecule has 6 rings (SSSR count). The number of nitrogens with zero attached hydrogens (tertiary/aromatic N) is 2. The molecular formula is C29H29F6N2O2+. The Kier molecular flexibility index (Phi) is 6.70. The summed E-state index contributed by atoms with van der Waals surface area (Å²) in [5.41, 5.74) is -1.73. The van der Waals surface area contributed by atoms with Crippen LogP contribution in [-0.2, 0) is 18.9 Å². The van der Waals surface area contributed by atoms with Crippen LogP contribution in [-0.4, -0.2) is 40.8 Å². The number of benzene rings is 2. The molecule has 3 aliphatic heterocycles. The summed E-state index contributed by atoms with van der Waals surface area (Å²) < 4.78 is 87.1. The average molecular weight is 552 g/mol. The summed E-state index contributed by atoms with van der Waals surface area (Å²) in [5.74, 6) is 0.574. The van der Waals surface area contributed by atoms with Gasteiger partial charge in [-0.2, -0.15) is 26.3 Å². The van der Waals surface area contributed by atoms with E-state index in [0.29, 0.717) is 54.6 Å². The van der Waals surface area contributed by atoms with Gasteiger partial charge in [0.05, 0.1) is 36.8 Å². The number of piperidine rings is 3. The maximum absolute atomic E-state index is 13.6. The van der Waals surface area contributed by atoms with E-state index in [-0.39, 0.29) is 28.1 Å². The molecule has 0 unspecified atom stereocenters. The van der Waals surface area contributed by atoms with Crippen LogP contribution in [0.2, 0.25) is 0 Å². The van der Waals surface area contributed by atoms with Gasteiger partial charge in [0.15, 0.2) is 0 Å². The number of halogens is 6. The SMILES string of the molecule is C=CC12CC[N+](Cc3cc(C(F)(F)F)cc(C(F)(F)F)c3)(CC1)[C@@H]([C@@H](O)c1ccnc3ccc(OC)cc13)C2. The Bertz CT molecular complexity index is 1360. The van der Waals surface area contributed by atoms with E-state index in [2.05, 4.69) is 11.6 Å². The molecule has 0 spiro atoms. The second kappa shape index (κ2) is 9.52. The molecule has 3 saturated heterocycles. The number of allylic oxidation sites excluding steroid dienone is 1. The van der Waals surface area contributed by atoms with Gasteiger partial charge in [-0.3, -0.25) is 4.98 Å². The first-order valence-corrected chi connectivity index (χ1v) is 12.7. The van der Waals surface area contributed by atoms with Crippen LogP contribution in [0, 0.1) is 5.41 Å². The summed E-state index contributed by atoms with van der Waals surface area (Å²) in [4.78, 5) is 4.37. The first kappa shape index (κ1) is 27.5. The van der Waals surface area contributed by atoms with E-state index in [1.807, 2.05) is 6.08 Å². The van der Waals surface area contributed by atoms with Gasteiger partial charge in [0.25, 0.3) is 0 Å². The molecule has 3 fully saturated rings. The van der Waals surface area contributed by atoms with Crippen molar-refractivity contribution in [3.8, 4) is 5.75 Å². The predicted molar refractivity (Wildman–Crippen MR) is 134 cm³/mol. The third-order valence-electron chi connectivity index (χ3n) is 8.67. The van der Waals surface area contributed by atoms with Crippen LogP contribution >= 0.6 is 0 Å². The number of aliphatic hydroxyl groups is 1. The number of aromatic nitrogens is 1. The molecule has 1 N–H and O–H groups in total. The zero-order valence-corrected chi connectivity index (χ0v) is 21.3. The normalized spacial score (nSPS) is 26.0. The number of rotatable bonds is 6. The van der Waals surface area contributed by atoms with Gasteiger partial charge in [0.2, 0.25) is 0 Å². The molecule has 208 valence electrons. The third kappa shape index (κ3) is 5.00. The Morgan fingerprint density at radius 3 is 2.26 bits per heavy atom. The number of ether oxygens (including phenoxy) is 1. The van der Waals surface area contributed by atoms with E-state index < -0.39 is 35.6 Å². The third-order valence-corrected chi connectivity index (χ3v) is 8.67. The highest BCUT2D eigenvalue weighted by atomic mass is 19.4. The molecule has 1 aromatic heterocycles. The molecule has 2 bridgehead atoms. The maximum atomic E-state index is 13.6. The number of aliphatic hydroxyl groups excluding tert-OH is 1. The molecule has 0 radical (unpaired) electrons. The van der Waals surface area contributed by atoms with Gasteiger partial charge < -0.3 is 14.3 Å². The molecule has 2 atom stereocenters. The Labute approximate surface area is 222 Å². The van der Waals surface area contributed by atoms with Crippen LogP contribution in [0.3, 0.4) is 0 Å². The highest BCUT2D eigenvalue weighted by Gasteiger charge is 2.56. The first-order chi connectivity index (χ1) is 18.3. The Balaban J connectivity index is 1.60. The Hall–Kier alpha value is -3.11. The quantitative estimate of drug-likeness (QED) is 0.203. The maximum Gasteiger partial charge on any atom is 0.416 e. The lowest BCUT2D eigenvalue weighted by Crippen LogP contribution is -2.67. The predicted octanol–water partition coefficient (Wildman–Crippen LogP) is 7.07. The first-order valence-electron chi connectivity index (χ1n) is 12.7. The Morgan fingerprint density at radius 1 is 1.05 bits per heavy atom. The van der Waals surface area contributed by atoms with E-state index in [1.165, 1.54) is 7.11 Å². The van der Waals surface area contributed by atoms with Gasteiger partial charge in [-0.1, -0.05) is 6.08 Å². The number of fused-ring (bicyclic) bond motifs is 4. The van der Waals surface area contributed by atoms with Gasteiger partial charge in [0.1, 0.15) is 24.4 Å². The van der Waals surface area contributed by atoms with Crippen LogP contribution in [0.5, 0.6) is 5.75 Å². The van der Waals surface area contributed by atoms with Crippen LogP contribution in [0.15, 0.2) is 61.3 Å². The van der Waals surface area contributed by atoms with E-state index >= 15 is 0 Å². The monoisotopic (exact) mass is 551 g/mol. The minimum absolute atomic E-state index is 0.0522. The van der Waals surface area contributed by atoms with Crippen LogP contribution in [0.4, 0.5) is 26.3 Å². The average Bonchev–Trinajstić information content (AvgIpc) is 2.91. The highest BCUT2D eigenvalue weighted by molar-refractivity contribution is 5.83. The van der Waals surface area contributed by atoms with E-state index in [4.69, 9.17) is 4.74 Å². The molecular weight excluding hydrogens is 522 g/mol. The standard InChI is InChI=1S/C29H29F6N2O2/c1-3-27-7-10-37(11-8-27,17-18-12-19(28(30,31)32)14-20(13-18)29(33,34)35)25(16-27)26(38)22-6-9-36-24-5-4-21(39-2)15-23(22)24/h3-6,9,12-15,25-26,38H,1,7-8,10-11,16-17H2,2H3/q+1/t25-,26+,27?,37?/m1/s1. The van der Waals surface area contributed by atoms with Crippen molar-refractivity contribution in [3.63, 3.8) is 0 Å². The minimum atomic E-state index is -4.92. The molecule has 39 heavy (non-hydrogen) atoms. The number of quaternary nitrogens is 1. The fraction of sp³-hybridized carbons (Fsp3) is 0.414. The second-order valence-corrected chi connectivity index (χ2v) is 10.8. The minimum Gasteiger partial charge on any atom is -0.497 e. The van der Waals surface area contributed by atoms with Gasteiger partial charge in [-0.25, -0.2) is 0 Å². The van der Waals surface area contributed by atoms with Crippen LogP contribution < -0.4 is 4.74 Å². The van der Waals surface area contributed by atoms with Crippen molar-refractivity contribution in [3.05, 3.63) is 83.6 Å². The molecule has 10 heteroatoms. The zero-order chi connectivity index (χ0) is 28.2. The van der Waals surface area contributed by atoms with Crippen molar-refractivity contribution >= 4 is 10.9 Å². The van der Waals surface area contributed by atoms with E-state index in [9.17, 15) is 31.4 Å². The van der Waals surface area contributed by atoms with Crippen molar-refractivity contribution in [2.75, 3.05) is 20.2 Å². The van der Waals surface area contributed by atoms with Gasteiger partial charge in [-0.05, 0) is 48.0 Å². The summed E-state index contributed by atoms with van der Waals surface area (Å²) in [5, 5.41) is 12.5. The molecule has 0 aliphatic carbocycles. The number of pyridine rings is 1. The summed E-state index contributed by atoms with van der Waals surface area (Å²) in [6, 6.07) is 8.29. The van der Waals surface area contributed by atoms with Crippen molar-refractivity contribution in [2.24, 2.45) is 5.41 Å². The van der Waals surface area contributed by atoms with Crippen molar-refractivity contribution < 1.29 is 40.7 Å². The lowest BCUT2D eigenvalue weighted by molar-refractivity contribution is -0.983. The smallest absolute Gasteiger partial charge is 0.416 e. The van der Waals surface area contributed by atoms with E-state index in [0.717, 1.165) is 12.1 Å². The van der Waals surface area contributed by atoms with Gasteiger partial charge >= 0.3 is 12.4 Å².